The Bertz CT molecular complexity index is 268. The van der Waals surface area contributed by atoms with Crippen molar-refractivity contribution in [3.05, 3.63) is 0 Å². The molecule has 0 aromatic heterocycles. The van der Waals surface area contributed by atoms with Gasteiger partial charge in [0.25, 0.3) is 0 Å². The lowest BCUT2D eigenvalue weighted by Gasteiger charge is -2.29. The fourth-order valence-electron chi connectivity index (χ4n) is 2.30. The Hall–Kier alpha value is -0.810. The summed E-state index contributed by atoms with van der Waals surface area (Å²) in [4.78, 5) is 15.7. The molecule has 0 spiro atoms. The Balaban J connectivity index is 2.75. The fraction of sp³-hybridized carbons (Fsp3) is 0.917. The molecule has 0 saturated carbocycles. The first kappa shape index (κ1) is 14.3. The van der Waals surface area contributed by atoms with Crippen molar-refractivity contribution in [1.29, 1.82) is 0 Å². The van der Waals surface area contributed by atoms with Crippen LogP contribution in [0.15, 0.2) is 0 Å². The smallest absolute Gasteiger partial charge is 0.320 e. The third-order valence-corrected chi connectivity index (χ3v) is 3.22. The molecule has 1 saturated heterocycles. The summed E-state index contributed by atoms with van der Waals surface area (Å²) in [6.45, 7) is 8.72. The summed E-state index contributed by atoms with van der Waals surface area (Å²) in [5, 5.41) is 18.3. The zero-order valence-corrected chi connectivity index (χ0v) is 11.1. The first-order valence-electron chi connectivity index (χ1n) is 6.24. The molecule has 1 rings (SSSR count). The zero-order chi connectivity index (χ0) is 13.2. The summed E-state index contributed by atoms with van der Waals surface area (Å²) >= 11 is 0. The van der Waals surface area contributed by atoms with Gasteiger partial charge in [0.2, 0.25) is 0 Å². The van der Waals surface area contributed by atoms with Crippen LogP contribution in [0, 0.1) is 5.92 Å². The summed E-state index contributed by atoms with van der Waals surface area (Å²) in [5.41, 5.74) is 0. The Morgan fingerprint density at radius 3 is 2.29 bits per heavy atom. The lowest BCUT2D eigenvalue weighted by molar-refractivity contribution is 0.0711. The topological polar surface area (TPSA) is 64.0 Å². The molecule has 100 valence electrons. The Labute approximate surface area is 103 Å². The lowest BCUT2D eigenvalue weighted by Crippen LogP contribution is -2.43. The van der Waals surface area contributed by atoms with Gasteiger partial charge in [-0.2, -0.15) is 0 Å². The van der Waals surface area contributed by atoms with Crippen molar-refractivity contribution < 1.29 is 15.0 Å². The van der Waals surface area contributed by atoms with Gasteiger partial charge < -0.3 is 20.0 Å². The van der Waals surface area contributed by atoms with E-state index in [9.17, 15) is 9.90 Å². The van der Waals surface area contributed by atoms with Crippen LogP contribution in [0.3, 0.4) is 0 Å². The van der Waals surface area contributed by atoms with Crippen LogP contribution in [0.4, 0.5) is 4.79 Å². The van der Waals surface area contributed by atoms with Crippen molar-refractivity contribution in [2.75, 3.05) is 19.7 Å². The molecule has 17 heavy (non-hydrogen) atoms. The molecule has 1 heterocycles. The summed E-state index contributed by atoms with van der Waals surface area (Å²) in [5.74, 6) is 0.387. The minimum atomic E-state index is -0.848. The highest BCUT2D eigenvalue weighted by Gasteiger charge is 2.40. The minimum absolute atomic E-state index is 0.0359. The van der Waals surface area contributed by atoms with Crippen molar-refractivity contribution in [1.82, 2.24) is 9.80 Å². The number of carbonyl (C=O) groups is 1. The molecule has 1 aliphatic rings. The van der Waals surface area contributed by atoms with E-state index in [-0.39, 0.29) is 31.3 Å². The number of urea groups is 1. The summed E-state index contributed by atoms with van der Waals surface area (Å²) in [7, 11) is 0. The molecule has 2 amide bonds. The van der Waals surface area contributed by atoms with Gasteiger partial charge in [0.1, 0.15) is 0 Å². The molecule has 2 N–H and O–H groups in total. The van der Waals surface area contributed by atoms with Gasteiger partial charge in [0.15, 0.2) is 0 Å². The second-order valence-corrected chi connectivity index (χ2v) is 5.34. The lowest BCUT2D eigenvalue weighted by atomic mass is 10.0. The van der Waals surface area contributed by atoms with E-state index >= 15 is 0 Å². The van der Waals surface area contributed by atoms with Gasteiger partial charge in [0.05, 0.1) is 25.3 Å². The molecule has 0 aliphatic carbocycles. The van der Waals surface area contributed by atoms with Crippen LogP contribution in [-0.4, -0.2) is 63.9 Å². The first-order valence-corrected chi connectivity index (χ1v) is 6.24. The van der Waals surface area contributed by atoms with E-state index in [0.717, 1.165) is 0 Å². The Morgan fingerprint density at radius 1 is 1.35 bits per heavy atom. The van der Waals surface area contributed by atoms with E-state index in [1.165, 1.54) is 0 Å². The maximum atomic E-state index is 12.2. The monoisotopic (exact) mass is 244 g/mol. The van der Waals surface area contributed by atoms with E-state index in [2.05, 4.69) is 13.8 Å². The van der Waals surface area contributed by atoms with Gasteiger partial charge in [-0.3, -0.25) is 0 Å². The molecule has 1 fully saturated rings. The van der Waals surface area contributed by atoms with Crippen molar-refractivity contribution in [2.24, 2.45) is 5.92 Å². The Morgan fingerprint density at radius 2 is 1.94 bits per heavy atom. The van der Waals surface area contributed by atoms with Gasteiger partial charge in [-0.05, 0) is 19.8 Å². The van der Waals surface area contributed by atoms with E-state index in [1.807, 2.05) is 18.7 Å². The van der Waals surface area contributed by atoms with E-state index in [1.54, 1.807) is 4.90 Å². The maximum absolute atomic E-state index is 12.2. The van der Waals surface area contributed by atoms with Crippen LogP contribution in [0.1, 0.15) is 27.7 Å². The predicted molar refractivity (Wildman–Crippen MR) is 65.7 cm³/mol. The molecule has 0 bridgehead atoms. The molecule has 0 aromatic rings. The zero-order valence-electron chi connectivity index (χ0n) is 11.1. The number of aliphatic hydroxyl groups excluding tert-OH is 2. The standard InChI is InChI=1S/C12H24N2O3/c1-8(2)11-6-13(5-10(16)7-15)12(17)14(11)9(3)4/h8-11,15-16H,5-7H2,1-4H3. The molecular formula is C12H24N2O3. The molecule has 1 aliphatic heterocycles. The van der Waals surface area contributed by atoms with Crippen LogP contribution in [0.2, 0.25) is 0 Å². The van der Waals surface area contributed by atoms with Crippen LogP contribution in [-0.2, 0) is 0 Å². The van der Waals surface area contributed by atoms with E-state index in [0.29, 0.717) is 12.5 Å². The number of rotatable bonds is 5. The van der Waals surface area contributed by atoms with Crippen molar-refractivity contribution in [3.63, 3.8) is 0 Å². The van der Waals surface area contributed by atoms with Crippen molar-refractivity contribution in [3.8, 4) is 0 Å². The summed E-state index contributed by atoms with van der Waals surface area (Å²) in [6, 6.07) is 0.311. The summed E-state index contributed by atoms with van der Waals surface area (Å²) in [6.07, 6.45) is -0.848. The second-order valence-electron chi connectivity index (χ2n) is 5.34. The van der Waals surface area contributed by atoms with Crippen LogP contribution < -0.4 is 0 Å². The second kappa shape index (κ2) is 5.69. The molecule has 0 aromatic carbocycles. The van der Waals surface area contributed by atoms with Crippen LogP contribution >= 0.6 is 0 Å². The normalized spacial score (nSPS) is 23.1. The predicted octanol–water partition coefficient (Wildman–Crippen LogP) is 0.510. The number of hydrogen-bond acceptors (Lipinski definition) is 3. The molecule has 5 heteroatoms. The van der Waals surface area contributed by atoms with Crippen LogP contribution in [0.25, 0.3) is 0 Å². The highest BCUT2D eigenvalue weighted by Crippen LogP contribution is 2.24. The van der Waals surface area contributed by atoms with Crippen molar-refractivity contribution in [2.45, 2.75) is 45.9 Å². The molecule has 2 unspecified atom stereocenters. The van der Waals surface area contributed by atoms with Gasteiger partial charge >= 0.3 is 6.03 Å². The van der Waals surface area contributed by atoms with Crippen LogP contribution in [0.5, 0.6) is 0 Å². The van der Waals surface area contributed by atoms with Gasteiger partial charge in [-0.25, -0.2) is 4.79 Å². The molecular weight excluding hydrogens is 220 g/mol. The SMILES string of the molecule is CC(C)C1CN(CC(O)CO)C(=O)N1C(C)C. The highest BCUT2D eigenvalue weighted by molar-refractivity contribution is 5.77. The van der Waals surface area contributed by atoms with Gasteiger partial charge in [0, 0.05) is 12.6 Å². The molecule has 2 atom stereocenters. The third-order valence-electron chi connectivity index (χ3n) is 3.22. The van der Waals surface area contributed by atoms with Gasteiger partial charge in [-0.15, -0.1) is 0 Å². The average Bonchev–Trinajstić information content (AvgIpc) is 2.56. The third kappa shape index (κ3) is 3.10. The average molecular weight is 244 g/mol. The largest absolute Gasteiger partial charge is 0.394 e. The number of β-amino-alcohol motifs (C(OH)–C–C–N with tert-alkyl or cyclic N) is 1. The number of carbonyl (C=O) groups excluding carboxylic acids is 1. The van der Waals surface area contributed by atoms with Gasteiger partial charge in [-0.1, -0.05) is 13.8 Å². The molecule has 0 radical (unpaired) electrons. The Kier molecular flexibility index (Phi) is 4.77. The quantitative estimate of drug-likeness (QED) is 0.740. The first-order chi connectivity index (χ1) is 7.88. The van der Waals surface area contributed by atoms with Crippen molar-refractivity contribution >= 4 is 6.03 Å². The highest BCUT2D eigenvalue weighted by atomic mass is 16.3. The number of aliphatic hydroxyl groups is 2. The minimum Gasteiger partial charge on any atom is -0.394 e. The molecule has 5 nitrogen and oxygen atoms in total. The summed E-state index contributed by atoms with van der Waals surface area (Å²) < 4.78 is 0. The van der Waals surface area contributed by atoms with E-state index in [4.69, 9.17) is 5.11 Å². The number of nitrogens with zero attached hydrogens (tertiary/aromatic N) is 2. The fourth-order valence-corrected chi connectivity index (χ4v) is 2.30. The number of amides is 2. The maximum Gasteiger partial charge on any atom is 0.320 e. The van der Waals surface area contributed by atoms with E-state index < -0.39 is 6.10 Å². The number of hydrogen-bond donors (Lipinski definition) is 2.